The zero-order valence-electron chi connectivity index (χ0n) is 14.5. The molecule has 1 aliphatic carbocycles. The zero-order valence-corrected chi connectivity index (χ0v) is 14.5. The van der Waals surface area contributed by atoms with E-state index < -0.39 is 12.0 Å². The molecule has 7 nitrogen and oxygen atoms in total. The number of nitrogens with zero attached hydrogens (tertiary/aromatic N) is 3. The van der Waals surface area contributed by atoms with Crippen LogP contribution in [-0.4, -0.2) is 39.5 Å². The molecule has 1 aliphatic heterocycles. The summed E-state index contributed by atoms with van der Waals surface area (Å²) in [6.07, 6.45) is 4.01. The number of carbonyl (C=O) groups excluding carboxylic acids is 2. The number of carbonyl (C=O) groups is 2. The van der Waals surface area contributed by atoms with Crippen molar-refractivity contribution in [1.82, 2.24) is 15.0 Å². The van der Waals surface area contributed by atoms with Gasteiger partial charge in [-0.25, -0.2) is 0 Å². The number of aryl methyl sites for hydroxylation is 1. The summed E-state index contributed by atoms with van der Waals surface area (Å²) in [6, 6.07) is 0.280. The molecule has 1 aromatic rings. The number of aromatic nitrogens is 2. The van der Waals surface area contributed by atoms with Gasteiger partial charge in [-0.1, -0.05) is 12.1 Å². The summed E-state index contributed by atoms with van der Waals surface area (Å²) in [6.45, 7) is 6.12. The first-order valence-electron chi connectivity index (χ1n) is 8.74. The van der Waals surface area contributed by atoms with Crippen LogP contribution in [0.25, 0.3) is 0 Å². The van der Waals surface area contributed by atoms with Gasteiger partial charge in [0.25, 0.3) is 5.89 Å². The van der Waals surface area contributed by atoms with Gasteiger partial charge < -0.3 is 14.2 Å². The van der Waals surface area contributed by atoms with Crippen molar-refractivity contribution in [1.29, 1.82) is 0 Å². The number of ether oxygens (including phenoxy) is 1. The van der Waals surface area contributed by atoms with Crippen molar-refractivity contribution in [3.05, 3.63) is 11.7 Å². The van der Waals surface area contributed by atoms with Gasteiger partial charge in [0.1, 0.15) is 0 Å². The molecule has 24 heavy (non-hydrogen) atoms. The van der Waals surface area contributed by atoms with Crippen LogP contribution in [0.1, 0.15) is 63.8 Å². The predicted octanol–water partition coefficient (Wildman–Crippen LogP) is 2.41. The topological polar surface area (TPSA) is 85.5 Å². The first-order valence-corrected chi connectivity index (χ1v) is 8.74. The highest BCUT2D eigenvalue weighted by Crippen LogP contribution is 2.32. The Kier molecular flexibility index (Phi) is 4.87. The Morgan fingerprint density at radius 1 is 1.33 bits per heavy atom. The van der Waals surface area contributed by atoms with Crippen LogP contribution in [-0.2, 0) is 14.3 Å². The third-order valence-corrected chi connectivity index (χ3v) is 5.10. The first kappa shape index (κ1) is 16.9. The van der Waals surface area contributed by atoms with Crippen LogP contribution in [0, 0.1) is 18.8 Å². The van der Waals surface area contributed by atoms with Gasteiger partial charge >= 0.3 is 5.97 Å². The van der Waals surface area contributed by atoms with E-state index in [1.54, 1.807) is 13.8 Å². The quantitative estimate of drug-likeness (QED) is 0.786. The van der Waals surface area contributed by atoms with Gasteiger partial charge in [0, 0.05) is 19.0 Å². The maximum Gasteiger partial charge on any atom is 0.312 e. The molecule has 7 heteroatoms. The molecule has 0 N–H and O–H groups in total. The van der Waals surface area contributed by atoms with E-state index >= 15 is 0 Å². The van der Waals surface area contributed by atoms with Crippen LogP contribution in [0.15, 0.2) is 4.52 Å². The summed E-state index contributed by atoms with van der Waals surface area (Å²) in [7, 11) is 0. The maximum absolute atomic E-state index is 12.4. The number of likely N-dealkylation sites (tertiary alicyclic amines) is 1. The third-order valence-electron chi connectivity index (χ3n) is 5.10. The molecule has 1 saturated heterocycles. The molecule has 2 fully saturated rings. The van der Waals surface area contributed by atoms with Crippen LogP contribution in [0.3, 0.4) is 0 Å². The average Bonchev–Trinajstić information content (AvgIpc) is 3.14. The number of amides is 1. The van der Waals surface area contributed by atoms with Crippen molar-refractivity contribution < 1.29 is 18.8 Å². The molecule has 3 rings (SSSR count). The van der Waals surface area contributed by atoms with E-state index in [1.165, 1.54) is 0 Å². The number of hydrogen-bond donors (Lipinski definition) is 0. The summed E-state index contributed by atoms with van der Waals surface area (Å²) in [4.78, 5) is 30.6. The smallest absolute Gasteiger partial charge is 0.312 e. The molecule has 0 radical (unpaired) electrons. The van der Waals surface area contributed by atoms with Gasteiger partial charge in [0.2, 0.25) is 5.91 Å². The minimum Gasteiger partial charge on any atom is -0.452 e. The average molecular weight is 335 g/mol. The second-order valence-corrected chi connectivity index (χ2v) is 7.12. The van der Waals surface area contributed by atoms with Crippen molar-refractivity contribution >= 4 is 11.9 Å². The van der Waals surface area contributed by atoms with Crippen molar-refractivity contribution in [2.45, 2.75) is 65.0 Å². The van der Waals surface area contributed by atoms with Crippen LogP contribution in [0.4, 0.5) is 0 Å². The van der Waals surface area contributed by atoms with Gasteiger partial charge in [-0.3, -0.25) is 9.59 Å². The SMILES string of the molecule is Cc1noc([C@@H](C)OC(=O)[C@H]2CC(=O)N(C3CCC(C)CC3)C2)n1. The van der Waals surface area contributed by atoms with Gasteiger partial charge in [0.05, 0.1) is 5.92 Å². The van der Waals surface area contributed by atoms with Crippen molar-refractivity contribution in [2.75, 3.05) is 6.54 Å². The summed E-state index contributed by atoms with van der Waals surface area (Å²) in [5, 5.41) is 3.69. The fourth-order valence-corrected chi connectivity index (χ4v) is 3.60. The van der Waals surface area contributed by atoms with Gasteiger partial charge in [0.15, 0.2) is 11.9 Å². The van der Waals surface area contributed by atoms with Crippen LogP contribution < -0.4 is 0 Å². The van der Waals surface area contributed by atoms with E-state index in [1.807, 2.05) is 4.90 Å². The molecule has 0 unspecified atom stereocenters. The van der Waals surface area contributed by atoms with Crippen LogP contribution in [0.2, 0.25) is 0 Å². The minimum absolute atomic E-state index is 0.0674. The van der Waals surface area contributed by atoms with Crippen LogP contribution in [0.5, 0.6) is 0 Å². The Bertz CT molecular complexity index is 607. The highest BCUT2D eigenvalue weighted by atomic mass is 16.6. The van der Waals surface area contributed by atoms with Gasteiger partial charge in [-0.05, 0) is 45.4 Å². The standard InChI is InChI=1S/C17H25N3O4/c1-10-4-6-14(7-5-10)20-9-13(8-15(20)21)17(22)23-11(2)16-18-12(3)19-24-16/h10-11,13-14H,4-9H2,1-3H3/t10?,11-,13+,14?/m1/s1. The molecule has 2 aliphatic rings. The normalized spacial score (nSPS) is 28.9. The van der Waals surface area contributed by atoms with E-state index in [9.17, 15) is 9.59 Å². The molecular formula is C17H25N3O4. The number of esters is 1. The number of rotatable bonds is 4. The Morgan fingerprint density at radius 3 is 2.67 bits per heavy atom. The summed E-state index contributed by atoms with van der Waals surface area (Å²) in [5.74, 6) is 0.822. The predicted molar refractivity (Wildman–Crippen MR) is 84.8 cm³/mol. The monoisotopic (exact) mass is 335 g/mol. The Morgan fingerprint density at radius 2 is 2.04 bits per heavy atom. The lowest BCUT2D eigenvalue weighted by molar-refractivity contribution is -0.154. The van der Waals surface area contributed by atoms with Gasteiger partial charge in [-0.15, -0.1) is 0 Å². The zero-order chi connectivity index (χ0) is 17.3. The maximum atomic E-state index is 12.4. The van der Waals surface area contributed by atoms with Crippen LogP contribution >= 0.6 is 0 Å². The van der Waals surface area contributed by atoms with E-state index in [0.717, 1.165) is 31.6 Å². The first-order chi connectivity index (χ1) is 11.4. The Balaban J connectivity index is 1.55. The number of hydrogen-bond acceptors (Lipinski definition) is 6. The highest BCUT2D eigenvalue weighted by molar-refractivity contribution is 5.87. The molecule has 2 atom stereocenters. The molecule has 0 aromatic carbocycles. The van der Waals surface area contributed by atoms with Gasteiger partial charge in [-0.2, -0.15) is 4.98 Å². The fourth-order valence-electron chi connectivity index (χ4n) is 3.60. The molecule has 1 aromatic heterocycles. The molecule has 1 amide bonds. The second-order valence-electron chi connectivity index (χ2n) is 7.12. The molecule has 0 bridgehead atoms. The van der Waals surface area contributed by atoms with E-state index in [4.69, 9.17) is 9.26 Å². The summed E-state index contributed by atoms with van der Waals surface area (Å²) in [5.41, 5.74) is 0. The fraction of sp³-hybridized carbons (Fsp3) is 0.765. The summed E-state index contributed by atoms with van der Waals surface area (Å²) >= 11 is 0. The third kappa shape index (κ3) is 3.60. The van der Waals surface area contributed by atoms with E-state index in [2.05, 4.69) is 17.1 Å². The lowest BCUT2D eigenvalue weighted by Crippen LogP contribution is -2.39. The van der Waals surface area contributed by atoms with E-state index in [-0.39, 0.29) is 30.2 Å². The molecule has 132 valence electrons. The lowest BCUT2D eigenvalue weighted by atomic mass is 9.87. The second kappa shape index (κ2) is 6.91. The summed E-state index contributed by atoms with van der Waals surface area (Å²) < 4.78 is 10.4. The molecule has 2 heterocycles. The molecule has 0 spiro atoms. The van der Waals surface area contributed by atoms with Crippen molar-refractivity contribution in [2.24, 2.45) is 11.8 Å². The lowest BCUT2D eigenvalue weighted by Gasteiger charge is -2.33. The highest BCUT2D eigenvalue weighted by Gasteiger charge is 2.40. The Hall–Kier alpha value is -1.92. The Labute approximate surface area is 141 Å². The molecular weight excluding hydrogens is 310 g/mol. The van der Waals surface area contributed by atoms with E-state index in [0.29, 0.717) is 12.4 Å². The van der Waals surface area contributed by atoms with Crippen molar-refractivity contribution in [3.63, 3.8) is 0 Å². The largest absolute Gasteiger partial charge is 0.452 e. The molecule has 1 saturated carbocycles. The van der Waals surface area contributed by atoms with Crippen molar-refractivity contribution in [3.8, 4) is 0 Å². The minimum atomic E-state index is -0.599.